The topological polar surface area (TPSA) is 44.7 Å². The van der Waals surface area contributed by atoms with Crippen LogP contribution in [0.1, 0.15) is 42.5 Å². The summed E-state index contributed by atoms with van der Waals surface area (Å²) in [5, 5.41) is 13.5. The molecular weight excluding hydrogens is 415 g/mol. The first-order valence-electron chi connectivity index (χ1n) is 11.9. The van der Waals surface area contributed by atoms with Crippen LogP contribution >= 0.6 is 0 Å². The van der Waals surface area contributed by atoms with Crippen LogP contribution in [0.25, 0.3) is 0 Å². The summed E-state index contributed by atoms with van der Waals surface area (Å²) in [7, 11) is 0. The molecule has 0 bridgehead atoms. The highest BCUT2D eigenvalue weighted by molar-refractivity contribution is 5.53. The first kappa shape index (κ1) is 21.8. The van der Waals surface area contributed by atoms with Gasteiger partial charge in [0.25, 0.3) is 0 Å². The molecule has 2 heterocycles. The Bertz CT molecular complexity index is 1080. The summed E-state index contributed by atoms with van der Waals surface area (Å²) in [5.74, 6) is 0.967. The quantitative estimate of drug-likeness (QED) is 0.532. The van der Waals surface area contributed by atoms with E-state index in [4.69, 9.17) is 4.74 Å². The highest BCUT2D eigenvalue weighted by Gasteiger charge is 2.28. The van der Waals surface area contributed by atoms with Gasteiger partial charge in [-0.3, -0.25) is 0 Å². The van der Waals surface area contributed by atoms with Crippen molar-refractivity contribution in [3.05, 3.63) is 89.2 Å². The lowest BCUT2D eigenvalue weighted by Crippen LogP contribution is -2.37. The number of phenolic OH excluding ortho intramolecular Hbond substituents is 1. The molecule has 0 aromatic heterocycles. The Morgan fingerprint density at radius 2 is 1.88 bits per heavy atom. The van der Waals surface area contributed by atoms with Crippen molar-refractivity contribution >= 4 is 5.69 Å². The number of anilines is 1. The van der Waals surface area contributed by atoms with Crippen molar-refractivity contribution in [2.24, 2.45) is 0 Å². The normalized spacial score (nSPS) is 21.0. The Labute approximate surface area is 195 Å². The molecule has 5 rings (SSSR count). The summed E-state index contributed by atoms with van der Waals surface area (Å²) in [5.41, 5.74) is 4.62. The monoisotopic (exact) mass is 446 g/mol. The van der Waals surface area contributed by atoms with Crippen molar-refractivity contribution in [2.75, 3.05) is 18.0 Å². The maximum absolute atomic E-state index is 13.5. The molecule has 3 unspecified atom stereocenters. The summed E-state index contributed by atoms with van der Waals surface area (Å²) < 4.78 is 19.7. The molecule has 4 nitrogen and oxygen atoms in total. The van der Waals surface area contributed by atoms with Gasteiger partial charge in [-0.25, -0.2) is 4.39 Å². The minimum atomic E-state index is -0.227. The van der Waals surface area contributed by atoms with E-state index in [9.17, 15) is 9.50 Å². The third kappa shape index (κ3) is 4.83. The molecule has 0 amide bonds. The van der Waals surface area contributed by atoms with E-state index in [-0.39, 0.29) is 18.0 Å². The lowest BCUT2D eigenvalue weighted by Gasteiger charge is -2.39. The number of aromatic hydroxyl groups is 1. The Hall–Kier alpha value is -3.05. The molecule has 0 aliphatic carbocycles. The average molecular weight is 447 g/mol. The number of nitrogens with one attached hydrogen (secondary N) is 1. The molecule has 3 atom stereocenters. The maximum Gasteiger partial charge on any atom is 0.123 e. The number of hydrogen-bond acceptors (Lipinski definition) is 4. The van der Waals surface area contributed by atoms with Crippen molar-refractivity contribution in [1.82, 2.24) is 5.32 Å². The van der Waals surface area contributed by atoms with Crippen LogP contribution in [0.4, 0.5) is 10.1 Å². The second kappa shape index (κ2) is 9.44. The van der Waals surface area contributed by atoms with E-state index >= 15 is 0 Å². The fourth-order valence-electron chi connectivity index (χ4n) is 5.20. The van der Waals surface area contributed by atoms with E-state index in [1.54, 1.807) is 6.07 Å². The minimum absolute atomic E-state index is 0.105. The van der Waals surface area contributed by atoms with Crippen molar-refractivity contribution < 1.29 is 14.2 Å². The van der Waals surface area contributed by atoms with Crippen LogP contribution < -0.4 is 15.0 Å². The average Bonchev–Trinajstić information content (AvgIpc) is 3.36. The van der Waals surface area contributed by atoms with Crippen LogP contribution in [-0.2, 0) is 12.8 Å². The standard InChI is InChI=1S/C28H31FN2O2/c1-19(27-3-2-15-30-27)33-25-11-4-20(5-12-25)17-28-26-13-10-24(32)18-21(26)14-16-31(28)23-8-6-22(29)7-9-23/h4-13,18-19,27-28,30,32H,2-3,14-17H2,1H3. The predicted octanol–water partition coefficient (Wildman–Crippen LogP) is 5.40. The molecule has 2 N–H and O–H groups in total. The molecule has 3 aromatic rings. The molecule has 3 aromatic carbocycles. The summed E-state index contributed by atoms with van der Waals surface area (Å²) in [6, 6.07) is 21.3. The Kier molecular flexibility index (Phi) is 6.23. The Morgan fingerprint density at radius 1 is 1.09 bits per heavy atom. The maximum atomic E-state index is 13.5. The largest absolute Gasteiger partial charge is 0.508 e. The van der Waals surface area contributed by atoms with Gasteiger partial charge >= 0.3 is 0 Å². The van der Waals surface area contributed by atoms with Gasteiger partial charge in [-0.2, -0.15) is 0 Å². The lowest BCUT2D eigenvalue weighted by atomic mass is 9.88. The molecule has 5 heteroatoms. The van der Waals surface area contributed by atoms with Crippen LogP contribution in [0.3, 0.4) is 0 Å². The van der Waals surface area contributed by atoms with Gasteiger partial charge in [-0.1, -0.05) is 18.2 Å². The fraction of sp³-hybridized carbons (Fsp3) is 0.357. The zero-order valence-corrected chi connectivity index (χ0v) is 19.0. The summed E-state index contributed by atoms with van der Waals surface area (Å²) in [6.07, 6.45) is 4.18. The number of phenols is 1. The van der Waals surface area contributed by atoms with Gasteiger partial charge in [-0.05, 0) is 104 Å². The molecular formula is C28H31FN2O2. The number of ether oxygens (including phenoxy) is 1. The van der Waals surface area contributed by atoms with Gasteiger partial charge in [-0.15, -0.1) is 0 Å². The van der Waals surface area contributed by atoms with Gasteiger partial charge in [0.05, 0.1) is 6.04 Å². The Balaban J connectivity index is 1.37. The molecule has 1 saturated heterocycles. The van der Waals surface area contributed by atoms with Crippen LogP contribution in [0, 0.1) is 5.82 Å². The second-order valence-corrected chi connectivity index (χ2v) is 9.19. The SMILES string of the molecule is CC(Oc1ccc(CC2c3ccc(O)cc3CCN2c2ccc(F)cc2)cc1)C1CCCN1. The van der Waals surface area contributed by atoms with Crippen LogP contribution in [0.5, 0.6) is 11.5 Å². The summed E-state index contributed by atoms with van der Waals surface area (Å²) in [6.45, 7) is 4.02. The second-order valence-electron chi connectivity index (χ2n) is 9.19. The van der Waals surface area contributed by atoms with Crippen LogP contribution in [0.2, 0.25) is 0 Å². The van der Waals surface area contributed by atoms with E-state index < -0.39 is 0 Å². The van der Waals surface area contributed by atoms with Gasteiger partial charge in [0.15, 0.2) is 0 Å². The van der Waals surface area contributed by atoms with Crippen LogP contribution in [0.15, 0.2) is 66.7 Å². The van der Waals surface area contributed by atoms with E-state index in [0.29, 0.717) is 11.8 Å². The van der Waals surface area contributed by atoms with Gasteiger partial charge < -0.3 is 20.1 Å². The number of hydrogen-bond donors (Lipinski definition) is 2. The Morgan fingerprint density at radius 3 is 2.61 bits per heavy atom. The number of rotatable bonds is 6. The van der Waals surface area contributed by atoms with Gasteiger partial charge in [0.1, 0.15) is 23.4 Å². The highest BCUT2D eigenvalue weighted by Crippen LogP contribution is 2.37. The summed E-state index contributed by atoms with van der Waals surface area (Å²) >= 11 is 0. The predicted molar refractivity (Wildman–Crippen MR) is 130 cm³/mol. The fourth-order valence-corrected chi connectivity index (χ4v) is 5.20. The van der Waals surface area contributed by atoms with Gasteiger partial charge in [0, 0.05) is 18.3 Å². The molecule has 0 saturated carbocycles. The van der Waals surface area contributed by atoms with E-state index in [0.717, 1.165) is 43.8 Å². The minimum Gasteiger partial charge on any atom is -0.508 e. The van der Waals surface area contributed by atoms with E-state index in [1.165, 1.54) is 35.2 Å². The first-order valence-corrected chi connectivity index (χ1v) is 11.9. The zero-order chi connectivity index (χ0) is 22.8. The van der Waals surface area contributed by atoms with Crippen molar-refractivity contribution in [3.8, 4) is 11.5 Å². The summed E-state index contributed by atoms with van der Waals surface area (Å²) in [4.78, 5) is 2.34. The molecule has 1 fully saturated rings. The first-order chi connectivity index (χ1) is 16.1. The zero-order valence-electron chi connectivity index (χ0n) is 19.0. The van der Waals surface area contributed by atoms with Crippen molar-refractivity contribution in [1.29, 1.82) is 0 Å². The van der Waals surface area contributed by atoms with Gasteiger partial charge in [0.2, 0.25) is 0 Å². The lowest BCUT2D eigenvalue weighted by molar-refractivity contribution is 0.180. The van der Waals surface area contributed by atoms with E-state index in [1.807, 2.05) is 24.3 Å². The van der Waals surface area contributed by atoms with E-state index in [2.05, 4.69) is 41.4 Å². The highest BCUT2D eigenvalue weighted by atomic mass is 19.1. The van der Waals surface area contributed by atoms with Crippen molar-refractivity contribution in [2.45, 2.75) is 50.8 Å². The molecule has 2 aliphatic rings. The number of fused-ring (bicyclic) bond motifs is 1. The molecule has 0 spiro atoms. The molecule has 0 radical (unpaired) electrons. The third-order valence-corrected chi connectivity index (χ3v) is 6.98. The smallest absolute Gasteiger partial charge is 0.123 e. The molecule has 172 valence electrons. The number of halogens is 1. The van der Waals surface area contributed by atoms with Crippen molar-refractivity contribution in [3.63, 3.8) is 0 Å². The van der Waals surface area contributed by atoms with Crippen LogP contribution in [-0.4, -0.2) is 30.3 Å². The number of nitrogens with zero attached hydrogens (tertiary/aromatic N) is 1. The third-order valence-electron chi connectivity index (χ3n) is 6.98. The molecule has 2 aliphatic heterocycles. The molecule has 33 heavy (non-hydrogen) atoms. The number of benzene rings is 3.